The zero-order valence-electron chi connectivity index (χ0n) is 7.89. The first kappa shape index (κ1) is 10.7. The summed E-state index contributed by atoms with van der Waals surface area (Å²) in [7, 11) is 0. The first-order chi connectivity index (χ1) is 7.11. The molecule has 3 N–H and O–H groups in total. The van der Waals surface area contributed by atoms with Crippen molar-refractivity contribution in [3.63, 3.8) is 0 Å². The molecule has 15 heavy (non-hydrogen) atoms. The Hall–Kier alpha value is -0.770. The highest BCUT2D eigenvalue weighted by atomic mass is 35.5. The smallest absolute Gasteiger partial charge is 0.338 e. The van der Waals surface area contributed by atoms with Crippen LogP contribution in [0.25, 0.3) is 0 Å². The number of hydrogen-bond acceptors (Lipinski definition) is 1. The standard InChI is InChI=1S/C10H9Cl2NO2/c11-7-3-5-4-13-2-1-6(5)9(12)8(7)10(14)15/h3,13H,1-2,4H2,(H,14,15)/p+1. The van der Waals surface area contributed by atoms with Crippen molar-refractivity contribution in [2.75, 3.05) is 6.54 Å². The second-order valence-corrected chi connectivity index (χ2v) is 4.31. The molecule has 0 radical (unpaired) electrons. The van der Waals surface area contributed by atoms with E-state index < -0.39 is 5.97 Å². The minimum Gasteiger partial charge on any atom is -0.478 e. The normalized spacial score (nSPS) is 14.8. The molecule has 0 atom stereocenters. The summed E-state index contributed by atoms with van der Waals surface area (Å²) in [5.41, 5.74) is 2.00. The van der Waals surface area contributed by atoms with Crippen LogP contribution in [0.5, 0.6) is 0 Å². The third kappa shape index (κ3) is 1.83. The van der Waals surface area contributed by atoms with Crippen molar-refractivity contribution in [1.29, 1.82) is 0 Å². The maximum atomic E-state index is 11.0. The molecule has 0 amide bonds. The summed E-state index contributed by atoms with van der Waals surface area (Å²) in [6.45, 7) is 1.75. The molecule has 5 heteroatoms. The number of quaternary nitrogens is 1. The Balaban J connectivity index is 2.64. The second kappa shape index (κ2) is 4.00. The van der Waals surface area contributed by atoms with E-state index in [1.807, 2.05) is 0 Å². The first-order valence-corrected chi connectivity index (χ1v) is 5.41. The Labute approximate surface area is 97.0 Å². The third-order valence-electron chi connectivity index (χ3n) is 2.59. The number of carbonyl (C=O) groups is 1. The van der Waals surface area contributed by atoms with Gasteiger partial charge in [-0.25, -0.2) is 4.79 Å². The third-order valence-corrected chi connectivity index (χ3v) is 3.30. The number of halogens is 2. The summed E-state index contributed by atoms with van der Waals surface area (Å²) in [5, 5.41) is 11.6. The van der Waals surface area contributed by atoms with Gasteiger partial charge in [0.15, 0.2) is 0 Å². The lowest BCUT2D eigenvalue weighted by Crippen LogP contribution is -2.84. The van der Waals surface area contributed by atoms with Crippen molar-refractivity contribution in [1.82, 2.24) is 0 Å². The highest BCUT2D eigenvalue weighted by molar-refractivity contribution is 6.39. The summed E-state index contributed by atoms with van der Waals surface area (Å²) in [4.78, 5) is 11.0. The number of nitrogens with two attached hydrogens (primary N) is 1. The first-order valence-electron chi connectivity index (χ1n) is 4.66. The lowest BCUT2D eigenvalue weighted by Gasteiger charge is -2.17. The molecule has 0 unspecified atom stereocenters. The van der Waals surface area contributed by atoms with Crippen molar-refractivity contribution in [3.05, 3.63) is 32.8 Å². The molecule has 1 aliphatic heterocycles. The largest absolute Gasteiger partial charge is 0.478 e. The number of carboxylic acid groups (broad SMARTS) is 1. The molecule has 0 saturated heterocycles. The van der Waals surface area contributed by atoms with E-state index in [1.165, 1.54) is 0 Å². The van der Waals surface area contributed by atoms with Gasteiger partial charge in [0, 0.05) is 12.0 Å². The van der Waals surface area contributed by atoms with Gasteiger partial charge in [-0.05, 0) is 11.6 Å². The van der Waals surface area contributed by atoms with Crippen molar-refractivity contribution >= 4 is 29.2 Å². The number of carboxylic acids is 1. The van der Waals surface area contributed by atoms with Gasteiger partial charge in [-0.15, -0.1) is 0 Å². The minimum absolute atomic E-state index is 0.0268. The van der Waals surface area contributed by atoms with E-state index in [1.54, 1.807) is 6.07 Å². The molecule has 1 heterocycles. The van der Waals surface area contributed by atoms with Gasteiger partial charge in [-0.1, -0.05) is 23.2 Å². The average Bonchev–Trinajstić information content (AvgIpc) is 2.17. The van der Waals surface area contributed by atoms with Crippen LogP contribution in [0.2, 0.25) is 10.0 Å². The molecule has 1 aromatic carbocycles. The molecule has 0 saturated carbocycles. The zero-order chi connectivity index (χ0) is 11.0. The van der Waals surface area contributed by atoms with Gasteiger partial charge in [0.1, 0.15) is 6.54 Å². The highest BCUT2D eigenvalue weighted by Gasteiger charge is 2.23. The van der Waals surface area contributed by atoms with Crippen LogP contribution in [0.15, 0.2) is 6.07 Å². The Kier molecular flexibility index (Phi) is 2.87. The molecule has 0 bridgehead atoms. The molecule has 0 fully saturated rings. The van der Waals surface area contributed by atoms with Crippen molar-refractivity contribution < 1.29 is 15.2 Å². The summed E-state index contributed by atoms with van der Waals surface area (Å²) in [6, 6.07) is 1.71. The van der Waals surface area contributed by atoms with E-state index in [0.717, 1.165) is 30.6 Å². The Bertz CT molecular complexity index is 432. The summed E-state index contributed by atoms with van der Waals surface area (Å²) in [5.74, 6) is -1.07. The Morgan fingerprint density at radius 2 is 2.20 bits per heavy atom. The van der Waals surface area contributed by atoms with Crippen LogP contribution >= 0.6 is 23.2 Å². The zero-order valence-corrected chi connectivity index (χ0v) is 9.40. The van der Waals surface area contributed by atoms with Crippen molar-refractivity contribution in [3.8, 4) is 0 Å². The van der Waals surface area contributed by atoms with Crippen LogP contribution < -0.4 is 5.32 Å². The average molecular weight is 247 g/mol. The van der Waals surface area contributed by atoms with Gasteiger partial charge < -0.3 is 10.4 Å². The van der Waals surface area contributed by atoms with E-state index >= 15 is 0 Å². The van der Waals surface area contributed by atoms with Gasteiger partial charge in [0.2, 0.25) is 0 Å². The molecular formula is C10H10Cl2NO2+. The lowest BCUT2D eigenvalue weighted by molar-refractivity contribution is -0.673. The number of fused-ring (bicyclic) bond motifs is 1. The highest BCUT2D eigenvalue weighted by Crippen LogP contribution is 2.32. The van der Waals surface area contributed by atoms with Crippen LogP contribution in [0, 0.1) is 0 Å². The fraction of sp³-hybridized carbons (Fsp3) is 0.300. The van der Waals surface area contributed by atoms with E-state index in [9.17, 15) is 4.79 Å². The monoisotopic (exact) mass is 246 g/mol. The van der Waals surface area contributed by atoms with E-state index in [-0.39, 0.29) is 10.6 Å². The molecule has 1 aliphatic rings. The molecule has 0 spiro atoms. The van der Waals surface area contributed by atoms with Crippen LogP contribution in [-0.2, 0) is 13.0 Å². The van der Waals surface area contributed by atoms with Gasteiger partial charge in [0.05, 0.1) is 22.2 Å². The topological polar surface area (TPSA) is 53.9 Å². The summed E-state index contributed by atoms with van der Waals surface area (Å²) < 4.78 is 0. The molecule has 0 aromatic heterocycles. The quantitative estimate of drug-likeness (QED) is 0.786. The van der Waals surface area contributed by atoms with Crippen LogP contribution in [0.3, 0.4) is 0 Å². The number of aromatic carboxylic acids is 1. The van der Waals surface area contributed by atoms with E-state index in [0.29, 0.717) is 5.02 Å². The molecule has 3 nitrogen and oxygen atoms in total. The van der Waals surface area contributed by atoms with E-state index in [4.69, 9.17) is 28.3 Å². The fourth-order valence-electron chi connectivity index (χ4n) is 1.86. The molecule has 0 aliphatic carbocycles. The van der Waals surface area contributed by atoms with Crippen LogP contribution in [-0.4, -0.2) is 17.6 Å². The fourth-order valence-corrected chi connectivity index (χ4v) is 2.62. The summed E-state index contributed by atoms with van der Waals surface area (Å²) >= 11 is 11.9. The van der Waals surface area contributed by atoms with Crippen LogP contribution in [0.1, 0.15) is 21.5 Å². The lowest BCUT2D eigenvalue weighted by atomic mass is 9.98. The second-order valence-electron chi connectivity index (χ2n) is 3.52. The predicted octanol–water partition coefficient (Wildman–Crippen LogP) is 1.31. The predicted molar refractivity (Wildman–Crippen MR) is 57.6 cm³/mol. The number of hydrogen-bond donors (Lipinski definition) is 2. The van der Waals surface area contributed by atoms with E-state index in [2.05, 4.69) is 5.32 Å². The minimum atomic E-state index is -1.07. The SMILES string of the molecule is O=C(O)c1c(Cl)cc2c(c1Cl)CC[NH2+]C2. The molecular weight excluding hydrogens is 237 g/mol. The molecule has 1 aromatic rings. The Morgan fingerprint density at radius 3 is 2.87 bits per heavy atom. The maximum absolute atomic E-state index is 11.0. The van der Waals surface area contributed by atoms with Gasteiger partial charge in [0.25, 0.3) is 0 Å². The molecule has 2 rings (SSSR count). The van der Waals surface area contributed by atoms with Gasteiger partial charge >= 0.3 is 5.97 Å². The van der Waals surface area contributed by atoms with Crippen molar-refractivity contribution in [2.45, 2.75) is 13.0 Å². The van der Waals surface area contributed by atoms with Crippen molar-refractivity contribution in [2.24, 2.45) is 0 Å². The van der Waals surface area contributed by atoms with Gasteiger partial charge in [-0.2, -0.15) is 0 Å². The Morgan fingerprint density at radius 1 is 1.47 bits per heavy atom. The number of rotatable bonds is 1. The van der Waals surface area contributed by atoms with Gasteiger partial charge in [-0.3, -0.25) is 0 Å². The molecule has 80 valence electrons. The maximum Gasteiger partial charge on any atom is 0.338 e. The van der Waals surface area contributed by atoms with Crippen LogP contribution in [0.4, 0.5) is 0 Å². The summed E-state index contributed by atoms with van der Waals surface area (Å²) in [6.07, 6.45) is 0.797. The number of benzene rings is 1.